The van der Waals surface area contributed by atoms with Crippen molar-refractivity contribution in [3.63, 3.8) is 0 Å². The zero-order chi connectivity index (χ0) is 15.8. The molecule has 1 heterocycles. The number of carbonyl (C=O) groups is 2. The van der Waals surface area contributed by atoms with E-state index < -0.39 is 0 Å². The van der Waals surface area contributed by atoms with Gasteiger partial charge < -0.3 is 14.5 Å². The molecule has 5 heteroatoms. The van der Waals surface area contributed by atoms with Gasteiger partial charge in [-0.2, -0.15) is 0 Å². The Hall–Kier alpha value is -1.88. The Bertz CT molecular complexity index is 484. The third-order valence-corrected chi connectivity index (χ3v) is 3.80. The molecule has 0 radical (unpaired) electrons. The molecule has 1 aliphatic rings. The number of piperidine rings is 1. The number of likely N-dealkylation sites (tertiary alicyclic amines) is 1. The molecule has 120 valence electrons. The fraction of sp³-hybridized carbons (Fsp3) is 0.529. The Labute approximate surface area is 131 Å². The lowest BCUT2D eigenvalue weighted by Gasteiger charge is -2.30. The molecule has 0 aliphatic carbocycles. The lowest BCUT2D eigenvalue weighted by atomic mass is 10.1. The first-order valence-corrected chi connectivity index (χ1v) is 7.93. The lowest BCUT2D eigenvalue weighted by Crippen LogP contribution is -2.45. The summed E-state index contributed by atoms with van der Waals surface area (Å²) in [6.07, 6.45) is 3.27. The molecule has 1 aliphatic heterocycles. The van der Waals surface area contributed by atoms with E-state index in [0.717, 1.165) is 31.6 Å². The standard InChI is InChI=1S/C17H24N2O3/c1-2-22-14-17(21)19(15-9-5-3-6-10-15)13-16(20)18-11-7-4-8-12-18/h3,5-6,9-10H,2,4,7-8,11-14H2,1H3. The van der Waals surface area contributed by atoms with Crippen molar-refractivity contribution in [1.29, 1.82) is 0 Å². The first-order valence-electron chi connectivity index (χ1n) is 7.93. The molecule has 2 rings (SSSR count). The second kappa shape index (κ2) is 8.54. The van der Waals surface area contributed by atoms with Crippen molar-refractivity contribution >= 4 is 17.5 Å². The highest BCUT2D eigenvalue weighted by Crippen LogP contribution is 2.15. The molecule has 0 atom stereocenters. The Balaban J connectivity index is 2.06. The van der Waals surface area contributed by atoms with Crippen LogP contribution in [-0.4, -0.2) is 49.6 Å². The zero-order valence-electron chi connectivity index (χ0n) is 13.2. The van der Waals surface area contributed by atoms with Gasteiger partial charge in [-0.05, 0) is 38.3 Å². The van der Waals surface area contributed by atoms with Gasteiger partial charge in [0.2, 0.25) is 5.91 Å². The number of amides is 2. The largest absolute Gasteiger partial charge is 0.372 e. The predicted molar refractivity (Wildman–Crippen MR) is 85.7 cm³/mol. The van der Waals surface area contributed by atoms with E-state index in [9.17, 15) is 9.59 Å². The second-order valence-corrected chi connectivity index (χ2v) is 5.39. The first kappa shape index (κ1) is 16.5. The topological polar surface area (TPSA) is 49.9 Å². The lowest BCUT2D eigenvalue weighted by molar-refractivity contribution is -0.132. The Morgan fingerprint density at radius 3 is 2.45 bits per heavy atom. The van der Waals surface area contributed by atoms with E-state index in [1.807, 2.05) is 42.2 Å². The number of carbonyl (C=O) groups excluding carboxylic acids is 2. The van der Waals surface area contributed by atoms with Crippen LogP contribution >= 0.6 is 0 Å². The summed E-state index contributed by atoms with van der Waals surface area (Å²) in [5.74, 6) is -0.174. The summed E-state index contributed by atoms with van der Waals surface area (Å²) in [6.45, 7) is 3.99. The van der Waals surface area contributed by atoms with E-state index in [-0.39, 0.29) is 25.0 Å². The summed E-state index contributed by atoms with van der Waals surface area (Å²) in [5, 5.41) is 0. The van der Waals surface area contributed by atoms with Crippen LogP contribution in [-0.2, 0) is 14.3 Å². The highest BCUT2D eigenvalue weighted by Gasteiger charge is 2.23. The van der Waals surface area contributed by atoms with Crippen molar-refractivity contribution in [2.75, 3.05) is 37.7 Å². The minimum Gasteiger partial charge on any atom is -0.372 e. The molecule has 5 nitrogen and oxygen atoms in total. The molecule has 0 aromatic heterocycles. The van der Waals surface area contributed by atoms with Gasteiger partial charge in [-0.25, -0.2) is 0 Å². The normalized spacial score (nSPS) is 14.7. The molecule has 0 saturated carbocycles. The number of nitrogens with zero attached hydrogens (tertiary/aromatic N) is 2. The van der Waals surface area contributed by atoms with Gasteiger partial charge in [0.1, 0.15) is 13.2 Å². The van der Waals surface area contributed by atoms with Crippen LogP contribution in [0, 0.1) is 0 Å². The first-order chi connectivity index (χ1) is 10.7. The van der Waals surface area contributed by atoms with Crippen LogP contribution in [0.3, 0.4) is 0 Å². The fourth-order valence-corrected chi connectivity index (χ4v) is 2.58. The SMILES string of the molecule is CCOCC(=O)N(CC(=O)N1CCCCC1)c1ccccc1. The van der Waals surface area contributed by atoms with Gasteiger partial charge in [-0.3, -0.25) is 9.59 Å². The van der Waals surface area contributed by atoms with Crippen molar-refractivity contribution in [2.24, 2.45) is 0 Å². The van der Waals surface area contributed by atoms with Crippen molar-refractivity contribution in [1.82, 2.24) is 4.90 Å². The summed E-state index contributed by atoms with van der Waals surface area (Å²) >= 11 is 0. The van der Waals surface area contributed by atoms with Crippen LogP contribution in [0.15, 0.2) is 30.3 Å². The van der Waals surface area contributed by atoms with E-state index in [0.29, 0.717) is 6.61 Å². The number of rotatable bonds is 6. The molecule has 1 aromatic rings. The van der Waals surface area contributed by atoms with E-state index in [1.165, 1.54) is 11.3 Å². The average Bonchev–Trinajstić information content (AvgIpc) is 2.59. The zero-order valence-corrected chi connectivity index (χ0v) is 13.2. The van der Waals surface area contributed by atoms with E-state index >= 15 is 0 Å². The van der Waals surface area contributed by atoms with Gasteiger partial charge in [0.25, 0.3) is 5.91 Å². The number of benzene rings is 1. The van der Waals surface area contributed by atoms with Crippen molar-refractivity contribution in [3.8, 4) is 0 Å². The molecule has 0 bridgehead atoms. The molecule has 0 N–H and O–H groups in total. The maximum absolute atomic E-state index is 12.5. The Morgan fingerprint density at radius 2 is 1.82 bits per heavy atom. The van der Waals surface area contributed by atoms with Gasteiger partial charge in [-0.15, -0.1) is 0 Å². The van der Waals surface area contributed by atoms with Gasteiger partial charge >= 0.3 is 0 Å². The quantitative estimate of drug-likeness (QED) is 0.808. The maximum Gasteiger partial charge on any atom is 0.253 e. The van der Waals surface area contributed by atoms with Gasteiger partial charge in [0.05, 0.1) is 0 Å². The molecule has 0 spiro atoms. The highest BCUT2D eigenvalue weighted by molar-refractivity contribution is 5.99. The molecule has 2 amide bonds. The third-order valence-electron chi connectivity index (χ3n) is 3.80. The van der Waals surface area contributed by atoms with Crippen molar-refractivity contribution in [2.45, 2.75) is 26.2 Å². The van der Waals surface area contributed by atoms with E-state index in [1.54, 1.807) is 0 Å². The third kappa shape index (κ3) is 4.56. The smallest absolute Gasteiger partial charge is 0.253 e. The number of hydrogen-bond acceptors (Lipinski definition) is 3. The van der Waals surface area contributed by atoms with Gasteiger partial charge in [-0.1, -0.05) is 18.2 Å². The molecule has 1 aromatic carbocycles. The summed E-state index contributed by atoms with van der Waals surface area (Å²) in [5.41, 5.74) is 0.734. The van der Waals surface area contributed by atoms with E-state index in [4.69, 9.17) is 4.74 Å². The number of anilines is 1. The number of ether oxygens (including phenoxy) is 1. The second-order valence-electron chi connectivity index (χ2n) is 5.39. The maximum atomic E-state index is 12.5. The Morgan fingerprint density at radius 1 is 1.14 bits per heavy atom. The van der Waals surface area contributed by atoms with Crippen LogP contribution < -0.4 is 4.90 Å². The fourth-order valence-electron chi connectivity index (χ4n) is 2.58. The molecular weight excluding hydrogens is 280 g/mol. The minimum absolute atomic E-state index is 0.00132. The minimum atomic E-state index is -0.182. The summed E-state index contributed by atoms with van der Waals surface area (Å²) in [4.78, 5) is 28.2. The van der Waals surface area contributed by atoms with Crippen LogP contribution in [0.5, 0.6) is 0 Å². The molecule has 22 heavy (non-hydrogen) atoms. The van der Waals surface area contributed by atoms with Crippen LogP contribution in [0.1, 0.15) is 26.2 Å². The molecule has 0 unspecified atom stereocenters. The summed E-state index contributed by atoms with van der Waals surface area (Å²) < 4.78 is 5.21. The summed E-state index contributed by atoms with van der Waals surface area (Å²) in [6, 6.07) is 9.30. The average molecular weight is 304 g/mol. The highest BCUT2D eigenvalue weighted by atomic mass is 16.5. The van der Waals surface area contributed by atoms with Crippen molar-refractivity contribution in [3.05, 3.63) is 30.3 Å². The molecule has 1 fully saturated rings. The van der Waals surface area contributed by atoms with Crippen LogP contribution in [0.25, 0.3) is 0 Å². The van der Waals surface area contributed by atoms with Gasteiger partial charge in [0.15, 0.2) is 0 Å². The summed E-state index contributed by atoms with van der Waals surface area (Å²) in [7, 11) is 0. The van der Waals surface area contributed by atoms with E-state index in [2.05, 4.69) is 0 Å². The Kier molecular flexibility index (Phi) is 6.40. The van der Waals surface area contributed by atoms with Crippen molar-refractivity contribution < 1.29 is 14.3 Å². The number of para-hydroxylation sites is 1. The number of hydrogen-bond donors (Lipinski definition) is 0. The van der Waals surface area contributed by atoms with Crippen LogP contribution in [0.4, 0.5) is 5.69 Å². The molecular formula is C17H24N2O3. The van der Waals surface area contributed by atoms with Crippen LogP contribution in [0.2, 0.25) is 0 Å². The predicted octanol–water partition coefficient (Wildman–Crippen LogP) is 2.07. The monoisotopic (exact) mass is 304 g/mol. The molecule has 1 saturated heterocycles. The van der Waals surface area contributed by atoms with Gasteiger partial charge in [0, 0.05) is 25.4 Å².